The van der Waals surface area contributed by atoms with Crippen molar-refractivity contribution in [3.63, 3.8) is 0 Å². The molecule has 2 N–H and O–H groups in total. The number of hydrogen-bond acceptors (Lipinski definition) is 2. The largest absolute Gasteiger partial charge is 0.394 e. The third kappa shape index (κ3) is 5.45. The molecule has 0 aliphatic rings. The summed E-state index contributed by atoms with van der Waals surface area (Å²) in [7, 11) is 0. The van der Waals surface area contributed by atoms with Gasteiger partial charge in [-0.1, -0.05) is 12.1 Å². The van der Waals surface area contributed by atoms with Crippen molar-refractivity contribution in [2.45, 2.75) is 32.2 Å². The van der Waals surface area contributed by atoms with Crippen LogP contribution >= 0.6 is 0 Å². The molecule has 0 unspecified atom stereocenters. The molecule has 1 aromatic rings. The Kier molecular flexibility index (Phi) is 5.63. The van der Waals surface area contributed by atoms with Crippen molar-refractivity contribution in [1.82, 2.24) is 5.32 Å². The summed E-state index contributed by atoms with van der Waals surface area (Å²) in [5.41, 5.74) is 1.02. The van der Waals surface area contributed by atoms with Gasteiger partial charge in [0.25, 0.3) is 0 Å². The Morgan fingerprint density at radius 2 is 2.06 bits per heavy atom. The Labute approximate surface area is 101 Å². The number of rotatable bonds is 6. The minimum atomic E-state index is -0.247. The van der Waals surface area contributed by atoms with Crippen LogP contribution in [0.4, 0.5) is 4.39 Å². The Hall–Kier alpha value is -1.42. The molecule has 1 amide bonds. The molecule has 94 valence electrons. The van der Waals surface area contributed by atoms with Crippen LogP contribution in [0.2, 0.25) is 0 Å². The van der Waals surface area contributed by atoms with Crippen LogP contribution in [0.1, 0.15) is 25.3 Å². The zero-order valence-corrected chi connectivity index (χ0v) is 9.95. The van der Waals surface area contributed by atoms with E-state index in [-0.39, 0.29) is 24.4 Å². The zero-order valence-electron chi connectivity index (χ0n) is 9.95. The number of aliphatic hydroxyl groups excluding tert-OH is 1. The fourth-order valence-corrected chi connectivity index (χ4v) is 1.50. The number of carbonyl (C=O) groups excluding carboxylic acids is 1. The normalized spacial score (nSPS) is 12.2. The summed E-state index contributed by atoms with van der Waals surface area (Å²) in [6.45, 7) is 1.70. The van der Waals surface area contributed by atoms with Crippen LogP contribution < -0.4 is 5.32 Å². The average molecular weight is 239 g/mol. The maximum atomic E-state index is 12.6. The van der Waals surface area contributed by atoms with Gasteiger partial charge in [0, 0.05) is 12.5 Å². The van der Waals surface area contributed by atoms with Crippen molar-refractivity contribution in [2.75, 3.05) is 6.61 Å². The highest BCUT2D eigenvalue weighted by Crippen LogP contribution is 2.06. The molecule has 17 heavy (non-hydrogen) atoms. The van der Waals surface area contributed by atoms with Crippen LogP contribution in [0.15, 0.2) is 24.3 Å². The standard InChI is InChI=1S/C13H18FNO2/c1-10(9-16)15-13(17)4-2-3-11-5-7-12(14)8-6-11/h5-8,10,16H,2-4,9H2,1H3,(H,15,17)/t10-/m0/s1. The lowest BCUT2D eigenvalue weighted by Gasteiger charge is -2.10. The molecule has 1 rings (SSSR count). The maximum Gasteiger partial charge on any atom is 0.220 e. The van der Waals surface area contributed by atoms with Crippen molar-refractivity contribution < 1.29 is 14.3 Å². The van der Waals surface area contributed by atoms with Crippen molar-refractivity contribution in [3.05, 3.63) is 35.6 Å². The Morgan fingerprint density at radius 1 is 1.41 bits per heavy atom. The summed E-state index contributed by atoms with van der Waals surface area (Å²) in [5.74, 6) is -0.308. The second-order valence-corrected chi connectivity index (χ2v) is 4.13. The molecule has 1 atom stereocenters. The molecular formula is C13H18FNO2. The van der Waals surface area contributed by atoms with Gasteiger partial charge in [0.05, 0.1) is 6.61 Å². The van der Waals surface area contributed by atoms with E-state index < -0.39 is 0 Å². The molecule has 0 saturated carbocycles. The molecule has 0 saturated heterocycles. The first-order valence-electron chi connectivity index (χ1n) is 5.76. The summed E-state index contributed by atoms with van der Waals surface area (Å²) in [6.07, 6.45) is 1.89. The lowest BCUT2D eigenvalue weighted by Crippen LogP contribution is -2.34. The van der Waals surface area contributed by atoms with Gasteiger partial charge in [0.15, 0.2) is 0 Å². The summed E-state index contributed by atoms with van der Waals surface area (Å²) in [4.78, 5) is 11.4. The zero-order chi connectivity index (χ0) is 12.7. The Morgan fingerprint density at radius 3 is 2.65 bits per heavy atom. The molecular weight excluding hydrogens is 221 g/mol. The second-order valence-electron chi connectivity index (χ2n) is 4.13. The minimum Gasteiger partial charge on any atom is -0.394 e. The van der Waals surface area contributed by atoms with Crippen LogP contribution in [0.5, 0.6) is 0 Å². The highest BCUT2D eigenvalue weighted by Gasteiger charge is 2.05. The minimum absolute atomic E-state index is 0.0519. The van der Waals surface area contributed by atoms with Crippen LogP contribution in [0.25, 0.3) is 0 Å². The van der Waals surface area contributed by atoms with Crippen LogP contribution in [-0.2, 0) is 11.2 Å². The average Bonchev–Trinajstić information content (AvgIpc) is 2.31. The highest BCUT2D eigenvalue weighted by atomic mass is 19.1. The molecule has 0 fully saturated rings. The quantitative estimate of drug-likeness (QED) is 0.793. The van der Waals surface area contributed by atoms with E-state index in [0.717, 1.165) is 18.4 Å². The predicted molar refractivity (Wildman–Crippen MR) is 64.0 cm³/mol. The van der Waals surface area contributed by atoms with Gasteiger partial charge in [-0.05, 0) is 37.5 Å². The van der Waals surface area contributed by atoms with Gasteiger partial charge < -0.3 is 10.4 Å². The Balaban J connectivity index is 2.23. The van der Waals surface area contributed by atoms with Crippen molar-refractivity contribution >= 4 is 5.91 Å². The fourth-order valence-electron chi connectivity index (χ4n) is 1.50. The number of aryl methyl sites for hydroxylation is 1. The lowest BCUT2D eigenvalue weighted by atomic mass is 10.1. The topological polar surface area (TPSA) is 49.3 Å². The van der Waals surface area contributed by atoms with Gasteiger partial charge in [-0.2, -0.15) is 0 Å². The van der Waals surface area contributed by atoms with Gasteiger partial charge in [0.1, 0.15) is 5.82 Å². The van der Waals surface area contributed by atoms with E-state index in [1.165, 1.54) is 12.1 Å². The molecule has 3 nitrogen and oxygen atoms in total. The van der Waals surface area contributed by atoms with Gasteiger partial charge >= 0.3 is 0 Å². The molecule has 0 bridgehead atoms. The van der Waals surface area contributed by atoms with Crippen LogP contribution in [0.3, 0.4) is 0 Å². The maximum absolute atomic E-state index is 12.6. The second kappa shape index (κ2) is 7.01. The van der Waals surface area contributed by atoms with Gasteiger partial charge in [0.2, 0.25) is 5.91 Å². The number of aliphatic hydroxyl groups is 1. The first-order valence-corrected chi connectivity index (χ1v) is 5.76. The monoisotopic (exact) mass is 239 g/mol. The summed E-state index contributed by atoms with van der Waals surface area (Å²) in [5, 5.41) is 11.4. The molecule has 4 heteroatoms. The van der Waals surface area contributed by atoms with E-state index >= 15 is 0 Å². The van der Waals surface area contributed by atoms with E-state index in [1.807, 2.05) is 0 Å². The fraction of sp³-hybridized carbons (Fsp3) is 0.462. The van der Waals surface area contributed by atoms with Crippen molar-refractivity contribution in [3.8, 4) is 0 Å². The number of nitrogens with one attached hydrogen (secondary N) is 1. The van der Waals surface area contributed by atoms with Crippen LogP contribution in [-0.4, -0.2) is 23.7 Å². The molecule has 0 heterocycles. The number of benzene rings is 1. The predicted octanol–water partition coefficient (Wildman–Crippen LogP) is 1.65. The third-order valence-corrected chi connectivity index (χ3v) is 2.46. The lowest BCUT2D eigenvalue weighted by molar-refractivity contribution is -0.122. The summed E-state index contributed by atoms with van der Waals surface area (Å²) in [6, 6.07) is 6.09. The van der Waals surface area contributed by atoms with Crippen LogP contribution in [0, 0.1) is 5.82 Å². The first-order chi connectivity index (χ1) is 8.11. The summed E-state index contributed by atoms with van der Waals surface area (Å²) < 4.78 is 12.6. The third-order valence-electron chi connectivity index (χ3n) is 2.46. The smallest absolute Gasteiger partial charge is 0.220 e. The van der Waals surface area contributed by atoms with E-state index in [0.29, 0.717) is 6.42 Å². The molecule has 1 aromatic carbocycles. The van der Waals surface area contributed by atoms with E-state index in [4.69, 9.17) is 5.11 Å². The van der Waals surface area contributed by atoms with Crippen molar-refractivity contribution in [1.29, 1.82) is 0 Å². The molecule has 0 spiro atoms. The number of hydrogen-bond donors (Lipinski definition) is 2. The number of amides is 1. The number of carbonyl (C=O) groups is 1. The van der Waals surface area contributed by atoms with Gasteiger partial charge in [-0.15, -0.1) is 0 Å². The summed E-state index contributed by atoms with van der Waals surface area (Å²) >= 11 is 0. The van der Waals surface area contributed by atoms with Gasteiger partial charge in [-0.25, -0.2) is 4.39 Å². The molecule has 0 aliphatic carbocycles. The molecule has 0 aromatic heterocycles. The molecule has 0 aliphatic heterocycles. The SMILES string of the molecule is C[C@@H](CO)NC(=O)CCCc1ccc(F)cc1. The van der Waals surface area contributed by atoms with Gasteiger partial charge in [-0.3, -0.25) is 4.79 Å². The Bertz CT molecular complexity index is 351. The van der Waals surface area contributed by atoms with E-state index in [1.54, 1.807) is 19.1 Å². The van der Waals surface area contributed by atoms with E-state index in [2.05, 4.69) is 5.32 Å². The molecule has 0 radical (unpaired) electrons. The number of halogens is 1. The highest BCUT2D eigenvalue weighted by molar-refractivity contribution is 5.76. The first kappa shape index (κ1) is 13.6. The van der Waals surface area contributed by atoms with Crippen molar-refractivity contribution in [2.24, 2.45) is 0 Å². The van der Waals surface area contributed by atoms with E-state index in [9.17, 15) is 9.18 Å².